The smallest absolute Gasteiger partial charge is 0.244 e. The van der Waals surface area contributed by atoms with E-state index in [1.54, 1.807) is 24.3 Å². The van der Waals surface area contributed by atoms with Crippen LogP contribution in [0.4, 0.5) is 10.1 Å². The first-order valence-electron chi connectivity index (χ1n) is 9.78. The molecule has 2 aromatic rings. The molecule has 2 N–H and O–H groups in total. The van der Waals surface area contributed by atoms with E-state index in [2.05, 4.69) is 10.0 Å². The van der Waals surface area contributed by atoms with Crippen molar-refractivity contribution in [2.24, 2.45) is 0 Å². The molecule has 31 heavy (non-hydrogen) atoms. The minimum absolute atomic E-state index is 0.0771. The highest BCUT2D eigenvalue weighted by Gasteiger charge is 2.24. The van der Waals surface area contributed by atoms with E-state index >= 15 is 0 Å². The van der Waals surface area contributed by atoms with E-state index in [0.717, 1.165) is 42.3 Å². The third-order valence-electron chi connectivity index (χ3n) is 4.79. The zero-order valence-electron chi connectivity index (χ0n) is 17.0. The maximum absolute atomic E-state index is 13.8. The van der Waals surface area contributed by atoms with Gasteiger partial charge in [-0.2, -0.15) is 16.5 Å². The van der Waals surface area contributed by atoms with Crippen LogP contribution in [0.2, 0.25) is 0 Å². The SMILES string of the molecule is C[C@H](NS(=O)(=O)c1ccccc1F)C(=O)Nc1ccc(CC(=O)N2CCSCC2)cc1. The summed E-state index contributed by atoms with van der Waals surface area (Å²) in [6, 6.07) is 10.6. The minimum Gasteiger partial charge on any atom is -0.341 e. The van der Waals surface area contributed by atoms with E-state index in [9.17, 15) is 22.4 Å². The number of amides is 2. The molecule has 2 aromatic carbocycles. The Morgan fingerprint density at radius 2 is 1.74 bits per heavy atom. The summed E-state index contributed by atoms with van der Waals surface area (Å²) < 4.78 is 40.6. The molecule has 2 amide bonds. The highest BCUT2D eigenvalue weighted by molar-refractivity contribution is 7.99. The van der Waals surface area contributed by atoms with E-state index < -0.39 is 32.7 Å². The fraction of sp³-hybridized carbons (Fsp3) is 0.333. The summed E-state index contributed by atoms with van der Waals surface area (Å²) in [5.74, 6) is 0.504. The van der Waals surface area contributed by atoms with E-state index in [4.69, 9.17) is 0 Å². The maximum atomic E-state index is 13.8. The van der Waals surface area contributed by atoms with Crippen molar-refractivity contribution < 1.29 is 22.4 Å². The number of hydrogen-bond donors (Lipinski definition) is 2. The van der Waals surface area contributed by atoms with Crippen LogP contribution in [0.3, 0.4) is 0 Å². The third-order valence-corrected chi connectivity index (χ3v) is 7.31. The van der Waals surface area contributed by atoms with Gasteiger partial charge < -0.3 is 10.2 Å². The van der Waals surface area contributed by atoms with Crippen LogP contribution in [-0.2, 0) is 26.0 Å². The van der Waals surface area contributed by atoms with Gasteiger partial charge in [0.1, 0.15) is 10.7 Å². The number of anilines is 1. The van der Waals surface area contributed by atoms with Crippen molar-refractivity contribution in [3.8, 4) is 0 Å². The maximum Gasteiger partial charge on any atom is 0.244 e. The second-order valence-corrected chi connectivity index (χ2v) is 10.0. The van der Waals surface area contributed by atoms with Gasteiger partial charge in [0.25, 0.3) is 0 Å². The summed E-state index contributed by atoms with van der Waals surface area (Å²) in [5, 5.41) is 2.62. The normalized spacial score (nSPS) is 15.4. The molecule has 0 aliphatic carbocycles. The van der Waals surface area contributed by atoms with Gasteiger partial charge in [0.05, 0.1) is 12.5 Å². The third kappa shape index (κ3) is 6.28. The van der Waals surface area contributed by atoms with Gasteiger partial charge in [-0.1, -0.05) is 24.3 Å². The lowest BCUT2D eigenvalue weighted by Gasteiger charge is -2.26. The first kappa shape index (κ1) is 23.2. The highest BCUT2D eigenvalue weighted by Crippen LogP contribution is 2.16. The van der Waals surface area contributed by atoms with Gasteiger partial charge in [-0.25, -0.2) is 12.8 Å². The minimum atomic E-state index is -4.19. The zero-order valence-corrected chi connectivity index (χ0v) is 18.6. The van der Waals surface area contributed by atoms with Crippen LogP contribution < -0.4 is 10.0 Å². The van der Waals surface area contributed by atoms with Crippen molar-refractivity contribution in [3.63, 3.8) is 0 Å². The standard InChI is InChI=1S/C21H24FN3O4S2/c1-15(24-31(28,29)19-5-3-2-4-18(19)22)21(27)23-17-8-6-16(7-9-17)14-20(26)25-10-12-30-13-11-25/h2-9,15,24H,10-14H2,1H3,(H,23,27)/t15-/m0/s1. The molecular formula is C21H24FN3O4S2. The Labute approximate surface area is 185 Å². The van der Waals surface area contributed by atoms with Crippen molar-refractivity contribution in [2.45, 2.75) is 24.3 Å². The number of carbonyl (C=O) groups is 2. The predicted octanol–water partition coefficient (Wildman–Crippen LogP) is 2.25. The summed E-state index contributed by atoms with van der Waals surface area (Å²) in [6.07, 6.45) is 0.289. The Bertz CT molecular complexity index is 1040. The summed E-state index contributed by atoms with van der Waals surface area (Å²) in [6.45, 7) is 2.90. The number of nitrogens with zero attached hydrogens (tertiary/aromatic N) is 1. The van der Waals surface area contributed by atoms with Gasteiger partial charge in [0, 0.05) is 30.3 Å². The van der Waals surface area contributed by atoms with Crippen molar-refractivity contribution in [1.82, 2.24) is 9.62 Å². The van der Waals surface area contributed by atoms with E-state index in [0.29, 0.717) is 5.69 Å². The van der Waals surface area contributed by atoms with Gasteiger partial charge in [0.2, 0.25) is 21.8 Å². The van der Waals surface area contributed by atoms with Gasteiger partial charge in [-0.3, -0.25) is 9.59 Å². The van der Waals surface area contributed by atoms with E-state index in [-0.39, 0.29) is 12.3 Å². The number of thioether (sulfide) groups is 1. The van der Waals surface area contributed by atoms with Crippen molar-refractivity contribution >= 4 is 39.3 Å². The molecular weight excluding hydrogens is 441 g/mol. The van der Waals surface area contributed by atoms with Crippen molar-refractivity contribution in [2.75, 3.05) is 29.9 Å². The molecule has 10 heteroatoms. The molecule has 0 aromatic heterocycles. The Morgan fingerprint density at radius 1 is 1.10 bits per heavy atom. The van der Waals surface area contributed by atoms with Crippen LogP contribution in [0.25, 0.3) is 0 Å². The van der Waals surface area contributed by atoms with E-state index in [1.165, 1.54) is 19.1 Å². The Morgan fingerprint density at radius 3 is 2.39 bits per heavy atom. The number of sulfonamides is 1. The molecule has 0 saturated carbocycles. The molecule has 7 nitrogen and oxygen atoms in total. The second-order valence-electron chi connectivity index (χ2n) is 7.13. The van der Waals surface area contributed by atoms with Gasteiger partial charge >= 0.3 is 0 Å². The molecule has 0 unspecified atom stereocenters. The average Bonchev–Trinajstić information content (AvgIpc) is 2.75. The lowest BCUT2D eigenvalue weighted by molar-refractivity contribution is -0.130. The summed E-state index contributed by atoms with van der Waals surface area (Å²) >= 11 is 1.84. The average molecular weight is 466 g/mol. The number of rotatable bonds is 7. The molecule has 0 spiro atoms. The summed E-state index contributed by atoms with van der Waals surface area (Å²) in [7, 11) is -4.19. The number of hydrogen-bond acceptors (Lipinski definition) is 5. The van der Waals surface area contributed by atoms with Crippen molar-refractivity contribution in [1.29, 1.82) is 0 Å². The molecule has 1 fully saturated rings. The van der Waals surface area contributed by atoms with Crippen LogP contribution in [0.1, 0.15) is 12.5 Å². The Hall–Kier alpha value is -2.43. The molecule has 166 valence electrons. The Balaban J connectivity index is 1.56. The number of carbonyl (C=O) groups excluding carboxylic acids is 2. The summed E-state index contributed by atoms with van der Waals surface area (Å²) in [5.41, 5.74) is 1.29. The van der Waals surface area contributed by atoms with Crippen LogP contribution >= 0.6 is 11.8 Å². The largest absolute Gasteiger partial charge is 0.341 e. The molecule has 0 bridgehead atoms. The first-order chi connectivity index (χ1) is 14.8. The molecule has 1 saturated heterocycles. The molecule has 1 atom stereocenters. The predicted molar refractivity (Wildman–Crippen MR) is 119 cm³/mol. The lowest BCUT2D eigenvalue weighted by Crippen LogP contribution is -2.41. The molecule has 0 radical (unpaired) electrons. The zero-order chi connectivity index (χ0) is 22.4. The van der Waals surface area contributed by atoms with E-state index in [1.807, 2.05) is 16.7 Å². The number of halogens is 1. The fourth-order valence-electron chi connectivity index (χ4n) is 3.07. The lowest BCUT2D eigenvalue weighted by atomic mass is 10.1. The number of nitrogens with one attached hydrogen (secondary N) is 2. The second kappa shape index (κ2) is 10.3. The van der Waals surface area contributed by atoms with Crippen LogP contribution in [0.5, 0.6) is 0 Å². The highest BCUT2D eigenvalue weighted by atomic mass is 32.2. The van der Waals surface area contributed by atoms with Gasteiger partial charge in [-0.15, -0.1) is 0 Å². The van der Waals surface area contributed by atoms with Crippen LogP contribution in [0.15, 0.2) is 53.4 Å². The van der Waals surface area contributed by atoms with Crippen molar-refractivity contribution in [3.05, 3.63) is 59.9 Å². The van der Waals surface area contributed by atoms with Crippen LogP contribution in [0, 0.1) is 5.82 Å². The quantitative estimate of drug-likeness (QED) is 0.654. The molecule has 1 aliphatic rings. The van der Waals surface area contributed by atoms with Crippen LogP contribution in [-0.4, -0.2) is 55.8 Å². The topological polar surface area (TPSA) is 95.6 Å². The monoisotopic (exact) mass is 465 g/mol. The molecule has 1 aliphatic heterocycles. The Kier molecular flexibility index (Phi) is 7.69. The first-order valence-corrected chi connectivity index (χ1v) is 12.4. The van der Waals surface area contributed by atoms with Gasteiger partial charge in [-0.05, 0) is 36.8 Å². The fourth-order valence-corrected chi connectivity index (χ4v) is 5.25. The number of benzene rings is 2. The molecule has 1 heterocycles. The molecule has 3 rings (SSSR count). The van der Waals surface area contributed by atoms with Gasteiger partial charge in [0.15, 0.2) is 0 Å². The summed E-state index contributed by atoms with van der Waals surface area (Å²) in [4.78, 5) is 26.1.